The van der Waals surface area contributed by atoms with Gasteiger partial charge >= 0.3 is 0 Å². The van der Waals surface area contributed by atoms with Crippen molar-refractivity contribution in [1.82, 2.24) is 0 Å². The van der Waals surface area contributed by atoms with Crippen molar-refractivity contribution in [1.29, 1.82) is 0 Å². The molecule has 0 saturated carbocycles. The molecule has 0 aliphatic heterocycles. The maximum Gasteiger partial charge on any atom is 0.188 e. The number of halogens is 1. The van der Waals surface area contributed by atoms with Crippen molar-refractivity contribution < 1.29 is 23.4 Å². The molecule has 0 spiro atoms. The fraction of sp³-hybridized carbons (Fsp3) is 0.300. The fourth-order valence-electron chi connectivity index (χ4n) is 1.02. The second-order valence-corrected chi connectivity index (χ2v) is 2.70. The summed E-state index contributed by atoms with van der Waals surface area (Å²) in [5, 5.41) is 0. The third kappa shape index (κ3) is 2.66. The number of rotatable bonds is 5. The standard InChI is InChI=1S/C10H11FO4/c1-13-6-15-9-4-8(14-2)3-7(5-12)10(9)11/h3-5H,6H2,1-2H3. The molecule has 1 aromatic rings. The summed E-state index contributed by atoms with van der Waals surface area (Å²) >= 11 is 0. The number of ether oxygens (including phenoxy) is 3. The van der Waals surface area contributed by atoms with Crippen LogP contribution in [0.1, 0.15) is 10.4 Å². The van der Waals surface area contributed by atoms with E-state index in [1.807, 2.05) is 0 Å². The Balaban J connectivity index is 3.06. The van der Waals surface area contributed by atoms with Crippen molar-refractivity contribution in [3.63, 3.8) is 0 Å². The van der Waals surface area contributed by atoms with Crippen LogP contribution >= 0.6 is 0 Å². The highest BCUT2D eigenvalue weighted by Gasteiger charge is 2.11. The third-order valence-electron chi connectivity index (χ3n) is 1.74. The topological polar surface area (TPSA) is 44.8 Å². The minimum atomic E-state index is -0.720. The summed E-state index contributed by atoms with van der Waals surface area (Å²) in [6, 6.07) is 2.64. The van der Waals surface area contributed by atoms with Gasteiger partial charge in [0.15, 0.2) is 24.6 Å². The summed E-state index contributed by atoms with van der Waals surface area (Å²) in [5.41, 5.74) is -0.111. The summed E-state index contributed by atoms with van der Waals surface area (Å²) < 4.78 is 27.9. The molecule has 82 valence electrons. The van der Waals surface area contributed by atoms with E-state index in [2.05, 4.69) is 4.74 Å². The molecular formula is C10H11FO4. The minimum Gasteiger partial charge on any atom is -0.497 e. The van der Waals surface area contributed by atoms with Crippen molar-refractivity contribution in [2.24, 2.45) is 0 Å². The lowest BCUT2D eigenvalue weighted by Gasteiger charge is -2.09. The Kier molecular flexibility index (Phi) is 4.05. The Bertz CT molecular complexity index is 352. The molecule has 15 heavy (non-hydrogen) atoms. The molecule has 0 saturated heterocycles. The second kappa shape index (κ2) is 5.31. The van der Waals surface area contributed by atoms with E-state index in [9.17, 15) is 9.18 Å². The van der Waals surface area contributed by atoms with E-state index in [0.717, 1.165) is 0 Å². The van der Waals surface area contributed by atoms with E-state index in [4.69, 9.17) is 9.47 Å². The number of benzene rings is 1. The minimum absolute atomic E-state index is 0.0710. The van der Waals surface area contributed by atoms with E-state index in [1.54, 1.807) is 0 Å². The molecule has 1 aromatic carbocycles. The first-order valence-electron chi connectivity index (χ1n) is 4.17. The lowest BCUT2D eigenvalue weighted by atomic mass is 10.2. The highest BCUT2D eigenvalue weighted by Crippen LogP contribution is 2.26. The van der Waals surface area contributed by atoms with Crippen molar-refractivity contribution in [3.05, 3.63) is 23.5 Å². The largest absolute Gasteiger partial charge is 0.497 e. The monoisotopic (exact) mass is 214 g/mol. The molecule has 0 unspecified atom stereocenters. The molecular weight excluding hydrogens is 203 g/mol. The van der Waals surface area contributed by atoms with Crippen LogP contribution in [0.15, 0.2) is 12.1 Å². The van der Waals surface area contributed by atoms with Gasteiger partial charge in [0.1, 0.15) is 5.75 Å². The van der Waals surface area contributed by atoms with Gasteiger partial charge in [0.2, 0.25) is 0 Å². The molecule has 0 bridgehead atoms. The molecule has 0 heterocycles. The molecule has 0 aliphatic rings. The first kappa shape index (κ1) is 11.5. The zero-order valence-electron chi connectivity index (χ0n) is 8.45. The molecule has 0 radical (unpaired) electrons. The molecule has 5 heteroatoms. The lowest BCUT2D eigenvalue weighted by Crippen LogP contribution is -2.03. The summed E-state index contributed by atoms with van der Waals surface area (Å²) in [6.45, 7) is -0.0949. The van der Waals surface area contributed by atoms with Crippen molar-refractivity contribution >= 4 is 6.29 Å². The van der Waals surface area contributed by atoms with E-state index < -0.39 is 5.82 Å². The molecule has 0 aliphatic carbocycles. The highest BCUT2D eigenvalue weighted by atomic mass is 19.1. The quantitative estimate of drug-likeness (QED) is 0.552. The van der Waals surface area contributed by atoms with Crippen LogP contribution in [0.5, 0.6) is 11.5 Å². The number of hydrogen-bond acceptors (Lipinski definition) is 4. The van der Waals surface area contributed by atoms with E-state index >= 15 is 0 Å². The van der Waals surface area contributed by atoms with Gasteiger partial charge in [-0.25, -0.2) is 4.39 Å². The summed E-state index contributed by atoms with van der Waals surface area (Å²) in [7, 11) is 2.83. The van der Waals surface area contributed by atoms with Gasteiger partial charge in [-0.05, 0) is 6.07 Å². The normalized spacial score (nSPS) is 9.80. The SMILES string of the molecule is COCOc1cc(OC)cc(C=O)c1F. The van der Waals surface area contributed by atoms with Gasteiger partial charge in [0.05, 0.1) is 12.7 Å². The van der Waals surface area contributed by atoms with Crippen molar-refractivity contribution in [2.45, 2.75) is 0 Å². The predicted octanol–water partition coefficient (Wildman–Crippen LogP) is 1.63. The molecule has 0 N–H and O–H groups in total. The molecule has 0 aromatic heterocycles. The van der Waals surface area contributed by atoms with E-state index in [1.165, 1.54) is 26.4 Å². The van der Waals surface area contributed by atoms with Crippen LogP contribution in [-0.2, 0) is 4.74 Å². The van der Waals surface area contributed by atoms with Crippen LogP contribution in [0.3, 0.4) is 0 Å². The number of hydrogen-bond donors (Lipinski definition) is 0. The first-order valence-corrected chi connectivity index (χ1v) is 4.17. The Hall–Kier alpha value is -1.62. The van der Waals surface area contributed by atoms with Crippen LogP contribution in [0.25, 0.3) is 0 Å². The van der Waals surface area contributed by atoms with Gasteiger partial charge < -0.3 is 14.2 Å². The maximum absolute atomic E-state index is 13.4. The number of carbonyl (C=O) groups is 1. The number of aldehydes is 1. The smallest absolute Gasteiger partial charge is 0.188 e. The van der Waals surface area contributed by atoms with Gasteiger partial charge in [-0.15, -0.1) is 0 Å². The van der Waals surface area contributed by atoms with E-state index in [0.29, 0.717) is 12.0 Å². The van der Waals surface area contributed by atoms with Crippen LogP contribution in [0.4, 0.5) is 4.39 Å². The third-order valence-corrected chi connectivity index (χ3v) is 1.74. The zero-order chi connectivity index (χ0) is 11.3. The Labute approximate surface area is 86.6 Å². The highest BCUT2D eigenvalue weighted by molar-refractivity contribution is 5.77. The molecule has 0 amide bonds. The van der Waals surface area contributed by atoms with Gasteiger partial charge in [0.25, 0.3) is 0 Å². The van der Waals surface area contributed by atoms with E-state index in [-0.39, 0.29) is 18.1 Å². The maximum atomic E-state index is 13.4. The molecule has 0 fully saturated rings. The molecule has 0 atom stereocenters. The second-order valence-electron chi connectivity index (χ2n) is 2.70. The van der Waals surface area contributed by atoms with Gasteiger partial charge in [0, 0.05) is 13.2 Å². The first-order chi connectivity index (χ1) is 7.22. The summed E-state index contributed by atoms with van der Waals surface area (Å²) in [5.74, 6) is -0.439. The van der Waals surface area contributed by atoms with Crippen LogP contribution in [0.2, 0.25) is 0 Å². The molecule has 4 nitrogen and oxygen atoms in total. The molecule has 1 rings (SSSR count). The Morgan fingerprint density at radius 3 is 2.67 bits per heavy atom. The van der Waals surface area contributed by atoms with Gasteiger partial charge in [-0.3, -0.25) is 4.79 Å². The van der Waals surface area contributed by atoms with Crippen LogP contribution in [-0.4, -0.2) is 27.3 Å². The van der Waals surface area contributed by atoms with Crippen molar-refractivity contribution in [2.75, 3.05) is 21.0 Å². The van der Waals surface area contributed by atoms with Crippen LogP contribution < -0.4 is 9.47 Å². The average Bonchev–Trinajstić information content (AvgIpc) is 2.27. The van der Waals surface area contributed by atoms with Crippen molar-refractivity contribution in [3.8, 4) is 11.5 Å². The Morgan fingerprint density at radius 2 is 2.13 bits per heavy atom. The zero-order valence-corrected chi connectivity index (χ0v) is 8.45. The van der Waals surface area contributed by atoms with Gasteiger partial charge in [-0.2, -0.15) is 0 Å². The summed E-state index contributed by atoms with van der Waals surface area (Å²) in [4.78, 5) is 10.5. The average molecular weight is 214 g/mol. The Morgan fingerprint density at radius 1 is 1.40 bits per heavy atom. The van der Waals surface area contributed by atoms with Crippen LogP contribution in [0, 0.1) is 5.82 Å². The summed E-state index contributed by atoms with van der Waals surface area (Å²) in [6.07, 6.45) is 0.400. The van der Waals surface area contributed by atoms with Gasteiger partial charge in [-0.1, -0.05) is 0 Å². The lowest BCUT2D eigenvalue weighted by molar-refractivity contribution is 0.0480. The predicted molar refractivity (Wildman–Crippen MR) is 50.8 cm³/mol. The number of methoxy groups -OCH3 is 2. The number of carbonyl (C=O) groups excluding carboxylic acids is 1. The fourth-order valence-corrected chi connectivity index (χ4v) is 1.02.